The number of non-ortho nitro benzene ring substituents is 1. The van der Waals surface area contributed by atoms with Gasteiger partial charge in [-0.1, -0.05) is 0 Å². The van der Waals surface area contributed by atoms with Gasteiger partial charge in [0, 0.05) is 11.0 Å². The molecule has 0 aromatic heterocycles. The van der Waals surface area contributed by atoms with Crippen LogP contribution in [0.3, 0.4) is 0 Å². The van der Waals surface area contributed by atoms with Crippen molar-refractivity contribution in [3.05, 3.63) is 34.4 Å². The van der Waals surface area contributed by atoms with E-state index in [0.29, 0.717) is 0 Å². The van der Waals surface area contributed by atoms with E-state index in [1.54, 1.807) is 12.1 Å². The van der Waals surface area contributed by atoms with Gasteiger partial charge in [-0.05, 0) is 18.4 Å². The summed E-state index contributed by atoms with van der Waals surface area (Å²) in [5.41, 5.74) is 0.0165. The van der Waals surface area contributed by atoms with Gasteiger partial charge < -0.3 is 0 Å². The Bertz CT molecular complexity index is 258. The molecule has 57 valence electrons. The summed E-state index contributed by atoms with van der Waals surface area (Å²) >= 11 is 1.54. The van der Waals surface area contributed by atoms with Gasteiger partial charge in [0.25, 0.3) is 5.69 Å². The summed E-state index contributed by atoms with van der Waals surface area (Å²) in [6.45, 7) is 0. The van der Waals surface area contributed by atoms with E-state index >= 15 is 0 Å². The molecule has 1 radical (unpaired) electrons. The molecule has 1 rings (SSSR count). The van der Waals surface area contributed by atoms with Crippen LogP contribution in [0.2, 0.25) is 0 Å². The summed E-state index contributed by atoms with van der Waals surface area (Å²) < 4.78 is 0. The second kappa shape index (κ2) is 3.39. The van der Waals surface area contributed by atoms with Crippen LogP contribution in [0.15, 0.2) is 23.1 Å². The van der Waals surface area contributed by atoms with Crippen molar-refractivity contribution < 1.29 is 4.92 Å². The van der Waals surface area contributed by atoms with E-state index in [1.807, 2.05) is 6.26 Å². The van der Waals surface area contributed by atoms with E-state index in [2.05, 4.69) is 6.07 Å². The van der Waals surface area contributed by atoms with Gasteiger partial charge in [0.1, 0.15) is 0 Å². The SMILES string of the molecule is CSc1c[c]c([N+](=O)[O-])cc1. The minimum atomic E-state index is -0.454. The summed E-state index contributed by atoms with van der Waals surface area (Å²) in [6.07, 6.45) is 1.91. The van der Waals surface area contributed by atoms with Crippen LogP contribution in [0, 0.1) is 16.2 Å². The van der Waals surface area contributed by atoms with Crippen LogP contribution in [0.25, 0.3) is 0 Å². The lowest BCUT2D eigenvalue weighted by molar-refractivity contribution is -0.385. The number of hydrogen-bond acceptors (Lipinski definition) is 3. The van der Waals surface area contributed by atoms with E-state index < -0.39 is 4.92 Å². The second-order valence-corrected chi connectivity index (χ2v) is 2.75. The minimum absolute atomic E-state index is 0.0165. The highest BCUT2D eigenvalue weighted by Gasteiger charge is 2.02. The van der Waals surface area contributed by atoms with E-state index in [1.165, 1.54) is 17.8 Å². The molecular weight excluding hydrogens is 162 g/mol. The van der Waals surface area contributed by atoms with Gasteiger partial charge in [0.05, 0.1) is 11.0 Å². The molecule has 0 aliphatic carbocycles. The molecule has 0 unspecified atom stereocenters. The number of benzene rings is 1. The molecule has 0 fully saturated rings. The van der Waals surface area contributed by atoms with Gasteiger partial charge in [-0.3, -0.25) is 10.1 Å². The van der Waals surface area contributed by atoms with Crippen molar-refractivity contribution in [2.24, 2.45) is 0 Å². The number of nitro benzene ring substituents is 1. The van der Waals surface area contributed by atoms with Crippen molar-refractivity contribution in [1.29, 1.82) is 0 Å². The van der Waals surface area contributed by atoms with Crippen molar-refractivity contribution in [2.75, 3.05) is 6.26 Å². The topological polar surface area (TPSA) is 43.1 Å². The maximum atomic E-state index is 10.2. The van der Waals surface area contributed by atoms with Gasteiger partial charge >= 0.3 is 0 Å². The Morgan fingerprint density at radius 2 is 2.36 bits per heavy atom. The molecule has 0 aliphatic heterocycles. The minimum Gasteiger partial charge on any atom is -0.258 e. The molecule has 4 heteroatoms. The van der Waals surface area contributed by atoms with Crippen LogP contribution < -0.4 is 0 Å². The quantitative estimate of drug-likeness (QED) is 0.386. The first-order chi connectivity index (χ1) is 5.24. The van der Waals surface area contributed by atoms with Crippen molar-refractivity contribution in [1.82, 2.24) is 0 Å². The Morgan fingerprint density at radius 1 is 1.64 bits per heavy atom. The molecule has 0 spiro atoms. The highest BCUT2D eigenvalue weighted by atomic mass is 32.2. The Kier molecular flexibility index (Phi) is 2.48. The van der Waals surface area contributed by atoms with Crippen molar-refractivity contribution >= 4 is 17.4 Å². The van der Waals surface area contributed by atoms with Gasteiger partial charge in [-0.25, -0.2) is 0 Å². The molecule has 3 nitrogen and oxygen atoms in total. The summed E-state index contributed by atoms with van der Waals surface area (Å²) in [6, 6.07) is 7.34. The highest BCUT2D eigenvalue weighted by Crippen LogP contribution is 2.17. The summed E-state index contributed by atoms with van der Waals surface area (Å²) in [7, 11) is 0. The molecule has 0 aliphatic rings. The number of thioether (sulfide) groups is 1. The highest BCUT2D eigenvalue weighted by molar-refractivity contribution is 7.98. The Hall–Kier alpha value is -1.03. The molecule has 11 heavy (non-hydrogen) atoms. The normalized spacial score (nSPS) is 9.55. The fraction of sp³-hybridized carbons (Fsp3) is 0.143. The molecule has 0 atom stereocenters. The van der Waals surface area contributed by atoms with Crippen LogP contribution in [0.4, 0.5) is 5.69 Å². The first-order valence-electron chi connectivity index (χ1n) is 2.94. The molecule has 0 heterocycles. The molecule has 0 amide bonds. The molecule has 1 aromatic carbocycles. The first-order valence-corrected chi connectivity index (χ1v) is 4.16. The monoisotopic (exact) mass is 168 g/mol. The lowest BCUT2D eigenvalue weighted by Gasteiger charge is -1.92. The standard InChI is InChI=1S/C7H6NO2S/c1-11-7-4-2-6(3-5-7)8(9)10/h2,4-5H,1H3. The smallest absolute Gasteiger partial charge is 0.258 e. The number of nitrogens with zero attached hydrogens (tertiary/aromatic N) is 1. The van der Waals surface area contributed by atoms with Gasteiger partial charge in [0.15, 0.2) is 0 Å². The predicted molar refractivity (Wildman–Crippen MR) is 43.7 cm³/mol. The third-order valence-corrected chi connectivity index (χ3v) is 1.93. The molecule has 0 bridgehead atoms. The zero-order valence-corrected chi connectivity index (χ0v) is 6.72. The third kappa shape index (κ3) is 1.94. The maximum Gasteiger partial charge on any atom is 0.277 e. The number of hydrogen-bond donors (Lipinski definition) is 0. The Balaban J connectivity index is 2.91. The lowest BCUT2D eigenvalue weighted by Crippen LogP contribution is -1.86. The lowest BCUT2D eigenvalue weighted by atomic mass is 10.3. The van der Waals surface area contributed by atoms with Gasteiger partial charge in [0.2, 0.25) is 0 Å². The van der Waals surface area contributed by atoms with Gasteiger partial charge in [-0.15, -0.1) is 11.8 Å². The predicted octanol–water partition coefficient (Wildman–Crippen LogP) is 2.12. The Morgan fingerprint density at radius 3 is 2.73 bits per heavy atom. The van der Waals surface area contributed by atoms with Crippen LogP contribution in [0.5, 0.6) is 0 Å². The second-order valence-electron chi connectivity index (χ2n) is 1.87. The number of rotatable bonds is 2. The van der Waals surface area contributed by atoms with Crippen LogP contribution in [-0.2, 0) is 0 Å². The number of nitro groups is 1. The van der Waals surface area contributed by atoms with E-state index in [4.69, 9.17) is 0 Å². The first kappa shape index (κ1) is 8.07. The fourth-order valence-corrected chi connectivity index (χ4v) is 1.02. The summed E-state index contributed by atoms with van der Waals surface area (Å²) in [5.74, 6) is 0. The van der Waals surface area contributed by atoms with E-state index in [-0.39, 0.29) is 5.69 Å². The fourth-order valence-electron chi connectivity index (χ4n) is 0.643. The van der Waals surface area contributed by atoms with E-state index in [9.17, 15) is 10.1 Å². The third-order valence-electron chi connectivity index (χ3n) is 1.20. The largest absolute Gasteiger partial charge is 0.277 e. The van der Waals surface area contributed by atoms with Gasteiger partial charge in [-0.2, -0.15) is 0 Å². The van der Waals surface area contributed by atoms with Crippen LogP contribution in [0.1, 0.15) is 0 Å². The zero-order chi connectivity index (χ0) is 8.27. The average molecular weight is 168 g/mol. The molecule has 1 aromatic rings. The summed E-state index contributed by atoms with van der Waals surface area (Å²) in [4.78, 5) is 10.7. The average Bonchev–Trinajstić information content (AvgIpc) is 2.05. The molecule has 0 N–H and O–H groups in total. The molecule has 0 saturated heterocycles. The zero-order valence-electron chi connectivity index (χ0n) is 5.90. The maximum absolute atomic E-state index is 10.2. The molecular formula is C7H6NO2S. The van der Waals surface area contributed by atoms with Crippen LogP contribution >= 0.6 is 11.8 Å². The summed E-state index contributed by atoms with van der Waals surface area (Å²) in [5, 5.41) is 10.2. The Labute approximate surface area is 68.6 Å². The van der Waals surface area contributed by atoms with Crippen molar-refractivity contribution in [3.8, 4) is 0 Å². The van der Waals surface area contributed by atoms with Crippen LogP contribution in [-0.4, -0.2) is 11.2 Å². The molecule has 0 saturated carbocycles. The van der Waals surface area contributed by atoms with E-state index in [0.717, 1.165) is 4.90 Å². The van der Waals surface area contributed by atoms with Crippen molar-refractivity contribution in [2.45, 2.75) is 4.90 Å². The van der Waals surface area contributed by atoms with Crippen molar-refractivity contribution in [3.63, 3.8) is 0 Å².